The van der Waals surface area contributed by atoms with E-state index in [0.717, 1.165) is 16.8 Å². The van der Waals surface area contributed by atoms with Crippen molar-refractivity contribution in [2.75, 3.05) is 5.01 Å². The van der Waals surface area contributed by atoms with Crippen molar-refractivity contribution < 1.29 is 4.92 Å². The Hall–Kier alpha value is -3.47. The maximum absolute atomic E-state index is 10.7. The van der Waals surface area contributed by atoms with Crippen molar-refractivity contribution in [3.63, 3.8) is 0 Å². The van der Waals surface area contributed by atoms with Gasteiger partial charge in [-0.05, 0) is 35.4 Å². The Bertz CT molecular complexity index is 847. The first kappa shape index (κ1) is 16.4. The van der Waals surface area contributed by atoms with Crippen LogP contribution in [0.5, 0.6) is 0 Å². The molecule has 0 spiro atoms. The quantitative estimate of drug-likeness (QED) is 0.376. The Kier molecular flexibility index (Phi) is 5.16. The minimum atomic E-state index is -0.410. The van der Waals surface area contributed by atoms with Crippen LogP contribution in [0.15, 0.2) is 90.0 Å². The van der Waals surface area contributed by atoms with Gasteiger partial charge in [0.15, 0.2) is 0 Å². The van der Waals surface area contributed by atoms with Crippen LogP contribution in [0.1, 0.15) is 11.1 Å². The molecule has 3 rings (SSSR count). The normalized spacial score (nSPS) is 10.7. The summed E-state index contributed by atoms with van der Waals surface area (Å²) in [4.78, 5) is 10.3. The van der Waals surface area contributed by atoms with Crippen LogP contribution in [0.3, 0.4) is 0 Å². The number of benzene rings is 3. The third-order valence-electron chi connectivity index (χ3n) is 3.68. The van der Waals surface area contributed by atoms with Gasteiger partial charge in [-0.25, -0.2) is 0 Å². The zero-order chi connectivity index (χ0) is 17.5. The summed E-state index contributed by atoms with van der Waals surface area (Å²) in [6.07, 6.45) is 1.71. The standard InChI is InChI=1S/C20H17N3O2/c24-23(25)20-13-11-17(12-14-20)15-21-22(19-9-5-2-6-10-19)16-18-7-3-1-4-8-18/h1-15H,16H2/b21-15+. The van der Waals surface area contributed by atoms with Gasteiger partial charge in [0.25, 0.3) is 5.69 Å². The van der Waals surface area contributed by atoms with Gasteiger partial charge in [0.1, 0.15) is 0 Å². The van der Waals surface area contributed by atoms with Crippen molar-refractivity contribution >= 4 is 17.6 Å². The molecule has 0 bridgehead atoms. The number of non-ortho nitro benzene ring substituents is 1. The summed E-state index contributed by atoms with van der Waals surface area (Å²) in [6, 6.07) is 26.3. The molecule has 0 unspecified atom stereocenters. The second kappa shape index (κ2) is 7.88. The van der Waals surface area contributed by atoms with Gasteiger partial charge in [-0.15, -0.1) is 0 Å². The van der Waals surface area contributed by atoms with Crippen molar-refractivity contribution in [1.29, 1.82) is 0 Å². The summed E-state index contributed by atoms with van der Waals surface area (Å²) in [5.74, 6) is 0. The van der Waals surface area contributed by atoms with Crippen LogP contribution >= 0.6 is 0 Å². The number of hydrazone groups is 1. The second-order valence-corrected chi connectivity index (χ2v) is 5.47. The lowest BCUT2D eigenvalue weighted by Crippen LogP contribution is -2.15. The Morgan fingerprint density at radius 2 is 1.48 bits per heavy atom. The summed E-state index contributed by atoms with van der Waals surface area (Å²) in [5, 5.41) is 17.2. The molecule has 0 aliphatic rings. The predicted molar refractivity (Wildman–Crippen MR) is 99.8 cm³/mol. The maximum Gasteiger partial charge on any atom is 0.269 e. The van der Waals surface area contributed by atoms with Gasteiger partial charge in [0.05, 0.1) is 23.4 Å². The van der Waals surface area contributed by atoms with E-state index >= 15 is 0 Å². The van der Waals surface area contributed by atoms with Crippen LogP contribution in [0.2, 0.25) is 0 Å². The van der Waals surface area contributed by atoms with E-state index in [2.05, 4.69) is 17.2 Å². The van der Waals surface area contributed by atoms with Gasteiger partial charge in [-0.1, -0.05) is 48.5 Å². The smallest absolute Gasteiger partial charge is 0.261 e. The van der Waals surface area contributed by atoms with Gasteiger partial charge < -0.3 is 0 Å². The van der Waals surface area contributed by atoms with E-state index in [4.69, 9.17) is 0 Å². The topological polar surface area (TPSA) is 58.7 Å². The molecule has 0 amide bonds. The summed E-state index contributed by atoms with van der Waals surface area (Å²) in [6.45, 7) is 0.633. The van der Waals surface area contributed by atoms with Crippen molar-refractivity contribution in [2.24, 2.45) is 5.10 Å². The van der Waals surface area contributed by atoms with Crippen LogP contribution in [0, 0.1) is 10.1 Å². The molecule has 25 heavy (non-hydrogen) atoms. The first-order chi connectivity index (χ1) is 12.2. The summed E-state index contributed by atoms with van der Waals surface area (Å²) < 4.78 is 0. The Balaban J connectivity index is 1.83. The molecule has 0 heterocycles. The lowest BCUT2D eigenvalue weighted by Gasteiger charge is -2.19. The molecular weight excluding hydrogens is 314 g/mol. The summed E-state index contributed by atoms with van der Waals surface area (Å²) in [5.41, 5.74) is 3.00. The van der Waals surface area contributed by atoms with Gasteiger partial charge in [-0.2, -0.15) is 5.10 Å². The number of nitrogens with zero attached hydrogens (tertiary/aromatic N) is 3. The molecule has 3 aromatic rings. The number of anilines is 1. The molecule has 124 valence electrons. The molecule has 0 aliphatic carbocycles. The molecule has 0 saturated carbocycles. The third-order valence-corrected chi connectivity index (χ3v) is 3.68. The SMILES string of the molecule is O=[N+]([O-])c1ccc(/C=N/N(Cc2ccccc2)c2ccccc2)cc1. The highest BCUT2D eigenvalue weighted by Crippen LogP contribution is 2.17. The van der Waals surface area contributed by atoms with E-state index in [1.165, 1.54) is 12.1 Å². The average Bonchev–Trinajstić information content (AvgIpc) is 2.67. The fraction of sp³-hybridized carbons (Fsp3) is 0.0500. The van der Waals surface area contributed by atoms with E-state index in [1.807, 2.05) is 53.5 Å². The first-order valence-electron chi connectivity index (χ1n) is 7.87. The molecule has 0 fully saturated rings. The van der Waals surface area contributed by atoms with Gasteiger partial charge >= 0.3 is 0 Å². The lowest BCUT2D eigenvalue weighted by atomic mass is 10.2. The number of hydrogen-bond acceptors (Lipinski definition) is 4. The van der Waals surface area contributed by atoms with Gasteiger partial charge in [0.2, 0.25) is 0 Å². The van der Waals surface area contributed by atoms with Crippen LogP contribution in [-0.4, -0.2) is 11.1 Å². The molecule has 5 heteroatoms. The Labute approximate surface area is 146 Å². The first-order valence-corrected chi connectivity index (χ1v) is 7.87. The Morgan fingerprint density at radius 3 is 2.08 bits per heavy atom. The minimum Gasteiger partial charge on any atom is -0.261 e. The average molecular weight is 331 g/mol. The second-order valence-electron chi connectivity index (χ2n) is 5.47. The van der Waals surface area contributed by atoms with Crippen LogP contribution in [0.25, 0.3) is 0 Å². The number of nitro benzene ring substituents is 1. The highest BCUT2D eigenvalue weighted by atomic mass is 16.6. The van der Waals surface area contributed by atoms with Crippen LogP contribution < -0.4 is 5.01 Å². The molecule has 0 atom stereocenters. The number of para-hydroxylation sites is 1. The number of rotatable bonds is 6. The number of nitro groups is 1. The minimum absolute atomic E-state index is 0.0707. The van der Waals surface area contributed by atoms with Crippen molar-refractivity contribution in [2.45, 2.75) is 6.54 Å². The van der Waals surface area contributed by atoms with Crippen LogP contribution in [-0.2, 0) is 6.54 Å². The zero-order valence-electron chi connectivity index (χ0n) is 13.5. The molecule has 5 nitrogen and oxygen atoms in total. The molecule has 0 saturated heterocycles. The molecule has 0 aromatic heterocycles. The molecule has 0 radical (unpaired) electrons. The zero-order valence-corrected chi connectivity index (χ0v) is 13.5. The van der Waals surface area contributed by atoms with Gasteiger partial charge in [-0.3, -0.25) is 15.1 Å². The monoisotopic (exact) mass is 331 g/mol. The molecule has 0 N–H and O–H groups in total. The van der Waals surface area contributed by atoms with E-state index in [1.54, 1.807) is 18.3 Å². The molecular formula is C20H17N3O2. The fourth-order valence-electron chi connectivity index (χ4n) is 2.37. The maximum atomic E-state index is 10.7. The van der Waals surface area contributed by atoms with E-state index in [-0.39, 0.29) is 5.69 Å². The Morgan fingerprint density at radius 1 is 0.880 bits per heavy atom. The van der Waals surface area contributed by atoms with Crippen molar-refractivity contribution in [1.82, 2.24) is 0 Å². The predicted octanol–water partition coefficient (Wildman–Crippen LogP) is 4.64. The third kappa shape index (κ3) is 4.51. The van der Waals surface area contributed by atoms with Crippen molar-refractivity contribution in [3.05, 3.63) is 106 Å². The highest BCUT2D eigenvalue weighted by molar-refractivity contribution is 5.80. The highest BCUT2D eigenvalue weighted by Gasteiger charge is 2.06. The number of hydrogen-bond donors (Lipinski definition) is 0. The molecule has 3 aromatic carbocycles. The fourth-order valence-corrected chi connectivity index (χ4v) is 2.37. The van der Waals surface area contributed by atoms with Crippen molar-refractivity contribution in [3.8, 4) is 0 Å². The van der Waals surface area contributed by atoms with E-state index in [9.17, 15) is 10.1 Å². The lowest BCUT2D eigenvalue weighted by molar-refractivity contribution is -0.384. The molecule has 0 aliphatic heterocycles. The van der Waals surface area contributed by atoms with Gasteiger partial charge in [0, 0.05) is 12.1 Å². The van der Waals surface area contributed by atoms with E-state index in [0.29, 0.717) is 6.54 Å². The van der Waals surface area contributed by atoms with E-state index < -0.39 is 4.92 Å². The van der Waals surface area contributed by atoms with Crippen LogP contribution in [0.4, 0.5) is 11.4 Å². The largest absolute Gasteiger partial charge is 0.269 e. The summed E-state index contributed by atoms with van der Waals surface area (Å²) in [7, 11) is 0. The summed E-state index contributed by atoms with van der Waals surface area (Å²) >= 11 is 0.